The second-order valence-electron chi connectivity index (χ2n) is 10.5. The van der Waals surface area contributed by atoms with Gasteiger partial charge in [0.05, 0.1) is 28.3 Å². The Labute approximate surface area is 158 Å². The summed E-state index contributed by atoms with van der Waals surface area (Å²) in [5.74, 6) is 0. The van der Waals surface area contributed by atoms with Gasteiger partial charge in [-0.3, -0.25) is 0 Å². The molecule has 0 radical (unpaired) electrons. The van der Waals surface area contributed by atoms with Crippen LogP contribution in [-0.4, -0.2) is 16.1 Å². The summed E-state index contributed by atoms with van der Waals surface area (Å²) in [6.07, 6.45) is 5.19. The predicted octanol–water partition coefficient (Wildman–Crippen LogP) is 7.01. The van der Waals surface area contributed by atoms with Crippen molar-refractivity contribution in [1.82, 2.24) is 0 Å². The van der Waals surface area contributed by atoms with E-state index in [1.54, 1.807) is 0 Å². The molecule has 0 saturated carbocycles. The third-order valence-electron chi connectivity index (χ3n) is 6.30. The van der Waals surface area contributed by atoms with Crippen LogP contribution < -0.4 is 0 Å². The van der Waals surface area contributed by atoms with Crippen molar-refractivity contribution < 1.29 is 0 Å². The predicted molar refractivity (Wildman–Crippen MR) is 116 cm³/mol. The number of hydrogen-bond acceptors (Lipinski definition) is 2. The molecule has 0 aromatic carbocycles. The SMILES string of the molecule is CC(C)(C)[Si](C)(C)/C=C/CC(C#N)(C#N)C/C=C/[Si](C)(C)C(C)(C)C. The summed E-state index contributed by atoms with van der Waals surface area (Å²) in [6, 6.07) is 4.56. The van der Waals surface area contributed by atoms with Crippen molar-refractivity contribution in [3.8, 4) is 12.1 Å². The molecule has 0 spiro atoms. The zero-order valence-corrected chi connectivity index (χ0v) is 20.1. The molecule has 4 heteroatoms. The second kappa shape index (κ2) is 8.06. The number of allylic oxidation sites excluding steroid dienone is 2. The maximum absolute atomic E-state index is 9.64. The quantitative estimate of drug-likeness (QED) is 0.469. The van der Waals surface area contributed by atoms with Gasteiger partial charge >= 0.3 is 0 Å². The third kappa shape index (κ3) is 6.61. The highest BCUT2D eigenvalue weighted by molar-refractivity contribution is 6.85. The van der Waals surface area contributed by atoms with Crippen molar-refractivity contribution in [1.29, 1.82) is 10.5 Å². The van der Waals surface area contributed by atoms with E-state index in [0.717, 1.165) is 0 Å². The van der Waals surface area contributed by atoms with E-state index < -0.39 is 21.6 Å². The molecule has 0 amide bonds. The minimum absolute atomic E-state index is 0.272. The number of hydrogen-bond donors (Lipinski definition) is 0. The summed E-state index contributed by atoms with van der Waals surface area (Å²) in [7, 11) is -3.05. The lowest BCUT2D eigenvalue weighted by Crippen LogP contribution is -2.35. The Morgan fingerprint density at radius 3 is 1.16 bits per heavy atom. The molecule has 0 rings (SSSR count). The molecule has 25 heavy (non-hydrogen) atoms. The minimum atomic E-state index is -1.53. The molecular weight excluding hydrogens is 336 g/mol. The molecule has 0 fully saturated rings. The van der Waals surface area contributed by atoms with E-state index in [0.29, 0.717) is 12.8 Å². The molecule has 0 aliphatic heterocycles. The van der Waals surface area contributed by atoms with E-state index in [2.05, 4.69) is 103 Å². The Morgan fingerprint density at radius 2 is 0.960 bits per heavy atom. The monoisotopic (exact) mass is 374 g/mol. The van der Waals surface area contributed by atoms with Crippen molar-refractivity contribution in [3.05, 3.63) is 23.6 Å². The van der Waals surface area contributed by atoms with Crippen molar-refractivity contribution in [2.24, 2.45) is 5.41 Å². The number of nitrogens with zero attached hydrogens (tertiary/aromatic N) is 2. The van der Waals surface area contributed by atoms with Crippen LogP contribution in [0, 0.1) is 28.1 Å². The molecule has 0 N–H and O–H groups in total. The molecule has 140 valence electrons. The smallest absolute Gasteiger partial charge is 0.150 e. The van der Waals surface area contributed by atoms with E-state index >= 15 is 0 Å². The maximum atomic E-state index is 9.64. The van der Waals surface area contributed by atoms with Gasteiger partial charge in [-0.2, -0.15) is 10.5 Å². The van der Waals surface area contributed by atoms with Crippen LogP contribution in [-0.2, 0) is 0 Å². The standard InChI is InChI=1S/C21H38N2Si2/c1-19(2,3)24(7,8)15-11-13-21(17-22,18-23)14-12-16-25(9,10)20(4,5)6/h11-12,15-16H,13-14H2,1-10H3/b15-11+,16-12+. The van der Waals surface area contributed by atoms with Gasteiger partial charge in [0.1, 0.15) is 0 Å². The molecule has 0 saturated heterocycles. The highest BCUT2D eigenvalue weighted by atomic mass is 28.3. The Morgan fingerprint density at radius 1 is 0.680 bits per heavy atom. The normalized spacial score (nSPS) is 14.7. The van der Waals surface area contributed by atoms with Gasteiger partial charge in [0, 0.05) is 0 Å². The van der Waals surface area contributed by atoms with Crippen molar-refractivity contribution in [2.75, 3.05) is 0 Å². The van der Waals surface area contributed by atoms with Crippen LogP contribution in [0.4, 0.5) is 0 Å². The number of rotatable bonds is 6. The van der Waals surface area contributed by atoms with Crippen LogP contribution in [0.5, 0.6) is 0 Å². The first kappa shape index (κ1) is 23.9. The van der Waals surface area contributed by atoms with Gasteiger partial charge in [-0.25, -0.2) is 0 Å². The molecule has 0 aromatic heterocycles. The van der Waals surface area contributed by atoms with Gasteiger partial charge < -0.3 is 0 Å². The van der Waals surface area contributed by atoms with E-state index in [1.165, 1.54) is 0 Å². The summed E-state index contributed by atoms with van der Waals surface area (Å²) in [6.45, 7) is 23.0. The molecule has 0 bridgehead atoms. The lowest BCUT2D eigenvalue weighted by molar-refractivity contribution is 0.538. The van der Waals surface area contributed by atoms with Crippen LogP contribution in [0.1, 0.15) is 54.4 Å². The van der Waals surface area contributed by atoms with Crippen molar-refractivity contribution >= 4 is 16.1 Å². The van der Waals surface area contributed by atoms with Crippen LogP contribution in [0.2, 0.25) is 36.3 Å². The Hall–Kier alpha value is -1.11. The fraction of sp³-hybridized carbons (Fsp3) is 0.714. The van der Waals surface area contributed by atoms with Gasteiger partial charge in [0.2, 0.25) is 0 Å². The first-order valence-electron chi connectivity index (χ1n) is 9.21. The van der Waals surface area contributed by atoms with Crippen LogP contribution in [0.25, 0.3) is 0 Å². The third-order valence-corrected chi connectivity index (χ3v) is 16.2. The molecular formula is C21H38N2Si2. The molecule has 0 atom stereocenters. The largest absolute Gasteiger partial charge is 0.197 e. The Bertz CT molecular complexity index is 531. The first-order valence-corrected chi connectivity index (χ1v) is 15.4. The van der Waals surface area contributed by atoms with Crippen molar-refractivity contribution in [3.63, 3.8) is 0 Å². The highest BCUT2D eigenvalue weighted by Gasteiger charge is 2.35. The van der Waals surface area contributed by atoms with Gasteiger partial charge in [-0.1, -0.05) is 91.3 Å². The summed E-state index contributed by atoms with van der Waals surface area (Å²) in [5.41, 5.74) is 3.65. The average Bonchev–Trinajstić information content (AvgIpc) is 2.43. The number of nitriles is 2. The van der Waals surface area contributed by atoms with Crippen LogP contribution in [0.3, 0.4) is 0 Å². The maximum Gasteiger partial charge on any atom is 0.150 e. The fourth-order valence-electron chi connectivity index (χ4n) is 1.90. The lowest BCUT2D eigenvalue weighted by Gasteiger charge is -2.34. The van der Waals surface area contributed by atoms with E-state index in [9.17, 15) is 10.5 Å². The molecule has 0 aliphatic rings. The summed E-state index contributed by atoms with van der Waals surface area (Å²) in [4.78, 5) is 0. The molecule has 0 heterocycles. The van der Waals surface area contributed by atoms with Gasteiger partial charge in [0.15, 0.2) is 5.41 Å². The summed E-state index contributed by atoms with van der Waals surface area (Å²) in [5, 5.41) is 19.8. The van der Waals surface area contributed by atoms with Gasteiger partial charge in [-0.05, 0) is 22.9 Å². The zero-order chi connectivity index (χ0) is 20.2. The van der Waals surface area contributed by atoms with Crippen LogP contribution >= 0.6 is 0 Å². The van der Waals surface area contributed by atoms with Gasteiger partial charge in [-0.15, -0.1) is 0 Å². The highest BCUT2D eigenvalue weighted by Crippen LogP contribution is 2.38. The molecule has 0 aromatic rings. The van der Waals surface area contributed by atoms with Crippen molar-refractivity contribution in [2.45, 2.75) is 90.6 Å². The zero-order valence-electron chi connectivity index (χ0n) is 18.1. The molecule has 0 unspecified atom stereocenters. The van der Waals surface area contributed by atoms with E-state index in [4.69, 9.17) is 0 Å². The molecule has 2 nitrogen and oxygen atoms in total. The Kier molecular flexibility index (Phi) is 7.71. The molecule has 0 aliphatic carbocycles. The van der Waals surface area contributed by atoms with E-state index in [-0.39, 0.29) is 10.1 Å². The fourth-order valence-corrected chi connectivity index (χ4v) is 4.31. The second-order valence-corrected chi connectivity index (χ2v) is 21.0. The summed E-state index contributed by atoms with van der Waals surface area (Å²) < 4.78 is 0. The van der Waals surface area contributed by atoms with E-state index in [1.807, 2.05) is 0 Å². The lowest BCUT2D eigenvalue weighted by atomic mass is 9.84. The average molecular weight is 375 g/mol. The summed E-state index contributed by atoms with van der Waals surface area (Å²) >= 11 is 0. The first-order chi connectivity index (χ1) is 11.0. The Balaban J connectivity index is 5.25. The topological polar surface area (TPSA) is 47.6 Å². The minimum Gasteiger partial charge on any atom is -0.197 e. The van der Waals surface area contributed by atoms with Gasteiger partial charge in [0.25, 0.3) is 0 Å². The van der Waals surface area contributed by atoms with Crippen LogP contribution in [0.15, 0.2) is 23.6 Å².